The molecule has 0 saturated carbocycles. The second kappa shape index (κ2) is 8.91. The average molecular weight is 386 g/mol. The van der Waals surface area contributed by atoms with Crippen molar-refractivity contribution in [1.29, 1.82) is 0 Å². The Labute approximate surface area is 158 Å². The normalized spacial score (nSPS) is 38.1. The lowest BCUT2D eigenvalue weighted by Gasteiger charge is -2.40. The standard InChI is InChI=1S/C19H30O8/c1-10(26-18-17(25)16(24)15(23)14(9-21)27-18)4-5-13-11(8-20)6-12(22)7-19(13,2)3/h4-6,10,13-18,20-21,23-25H,7-9H2,1-3H3/t10-,13+,14-,15-,16+,17-,18-/m1/s1. The van der Waals surface area contributed by atoms with E-state index in [1.165, 1.54) is 6.08 Å². The first-order valence-corrected chi connectivity index (χ1v) is 9.09. The van der Waals surface area contributed by atoms with Crippen LogP contribution in [0.4, 0.5) is 0 Å². The van der Waals surface area contributed by atoms with Gasteiger partial charge in [-0.2, -0.15) is 0 Å². The highest BCUT2D eigenvalue weighted by Crippen LogP contribution is 2.40. The Bertz CT molecular complexity index is 582. The molecule has 8 heteroatoms. The molecule has 0 aromatic rings. The van der Waals surface area contributed by atoms with Gasteiger partial charge in [-0.3, -0.25) is 4.79 Å². The van der Waals surface area contributed by atoms with Crippen LogP contribution in [0.1, 0.15) is 27.2 Å². The molecule has 27 heavy (non-hydrogen) atoms. The third-order valence-corrected chi connectivity index (χ3v) is 5.17. The van der Waals surface area contributed by atoms with Gasteiger partial charge in [0.1, 0.15) is 24.4 Å². The number of rotatable bonds is 6. The fourth-order valence-corrected chi connectivity index (χ4v) is 3.64. The second-order valence-corrected chi connectivity index (χ2v) is 7.91. The zero-order chi connectivity index (χ0) is 20.4. The van der Waals surface area contributed by atoms with Gasteiger partial charge in [0.2, 0.25) is 0 Å². The molecule has 0 bridgehead atoms. The maximum Gasteiger partial charge on any atom is 0.187 e. The molecule has 0 amide bonds. The number of aliphatic hydroxyl groups excluding tert-OH is 5. The summed E-state index contributed by atoms with van der Waals surface area (Å²) < 4.78 is 10.9. The lowest BCUT2D eigenvalue weighted by Crippen LogP contribution is -2.59. The summed E-state index contributed by atoms with van der Waals surface area (Å²) >= 11 is 0. The van der Waals surface area contributed by atoms with Crippen molar-refractivity contribution in [2.75, 3.05) is 13.2 Å². The molecule has 1 aliphatic heterocycles. The lowest BCUT2D eigenvalue weighted by atomic mass is 9.68. The molecule has 1 heterocycles. The van der Waals surface area contributed by atoms with E-state index in [4.69, 9.17) is 9.47 Å². The molecule has 0 unspecified atom stereocenters. The first kappa shape index (κ1) is 22.2. The number of ketones is 1. The molecule has 0 aromatic heterocycles. The summed E-state index contributed by atoms with van der Waals surface area (Å²) in [7, 11) is 0. The number of carbonyl (C=O) groups excluding carboxylic acids is 1. The fourth-order valence-electron chi connectivity index (χ4n) is 3.64. The molecule has 1 saturated heterocycles. The summed E-state index contributed by atoms with van der Waals surface area (Å²) in [6, 6.07) is 0. The fraction of sp³-hybridized carbons (Fsp3) is 0.737. The van der Waals surface area contributed by atoms with Crippen molar-refractivity contribution in [3.8, 4) is 0 Å². The van der Waals surface area contributed by atoms with Crippen molar-refractivity contribution < 1.29 is 39.8 Å². The molecule has 0 radical (unpaired) electrons. The number of allylic oxidation sites excluding steroid dienone is 2. The quantitative estimate of drug-likeness (QED) is 0.377. The van der Waals surface area contributed by atoms with E-state index in [-0.39, 0.29) is 23.7 Å². The first-order chi connectivity index (χ1) is 12.6. The molecule has 5 N–H and O–H groups in total. The summed E-state index contributed by atoms with van der Waals surface area (Å²) in [5.41, 5.74) is 0.274. The average Bonchev–Trinajstić information content (AvgIpc) is 2.59. The lowest BCUT2D eigenvalue weighted by molar-refractivity contribution is -0.306. The van der Waals surface area contributed by atoms with Crippen molar-refractivity contribution >= 4 is 5.78 Å². The van der Waals surface area contributed by atoms with Crippen LogP contribution in [-0.4, -0.2) is 81.3 Å². The van der Waals surface area contributed by atoms with Gasteiger partial charge in [-0.1, -0.05) is 26.0 Å². The van der Waals surface area contributed by atoms with Gasteiger partial charge in [-0.05, 0) is 24.0 Å². The number of carbonyl (C=O) groups is 1. The first-order valence-electron chi connectivity index (χ1n) is 9.09. The third kappa shape index (κ3) is 5.03. The minimum absolute atomic E-state index is 0.0145. The van der Waals surface area contributed by atoms with Gasteiger partial charge in [-0.25, -0.2) is 0 Å². The van der Waals surface area contributed by atoms with E-state index in [1.807, 2.05) is 19.9 Å². The molecule has 1 fully saturated rings. The highest BCUT2D eigenvalue weighted by molar-refractivity contribution is 5.92. The highest BCUT2D eigenvalue weighted by Gasteiger charge is 2.44. The third-order valence-electron chi connectivity index (χ3n) is 5.17. The number of hydrogen-bond donors (Lipinski definition) is 5. The van der Waals surface area contributed by atoms with E-state index in [9.17, 15) is 30.3 Å². The molecular formula is C19H30O8. The van der Waals surface area contributed by atoms with E-state index in [0.29, 0.717) is 12.0 Å². The van der Waals surface area contributed by atoms with E-state index < -0.39 is 43.4 Å². The minimum Gasteiger partial charge on any atom is -0.394 e. The summed E-state index contributed by atoms with van der Waals surface area (Å²) in [6.45, 7) is 4.87. The van der Waals surface area contributed by atoms with E-state index in [2.05, 4.69) is 0 Å². The van der Waals surface area contributed by atoms with E-state index in [0.717, 1.165) is 0 Å². The Hall–Kier alpha value is -1.13. The maximum atomic E-state index is 11.8. The van der Waals surface area contributed by atoms with Gasteiger partial charge in [0, 0.05) is 12.3 Å². The Kier molecular flexibility index (Phi) is 7.32. The molecule has 1 aliphatic carbocycles. The van der Waals surface area contributed by atoms with Gasteiger partial charge >= 0.3 is 0 Å². The van der Waals surface area contributed by atoms with Crippen LogP contribution in [-0.2, 0) is 14.3 Å². The molecular weight excluding hydrogens is 356 g/mol. The zero-order valence-corrected chi connectivity index (χ0v) is 15.9. The van der Waals surface area contributed by atoms with Crippen LogP contribution in [0.5, 0.6) is 0 Å². The maximum absolute atomic E-state index is 11.8. The summed E-state index contributed by atoms with van der Waals surface area (Å²) in [5.74, 6) is -0.166. The van der Waals surface area contributed by atoms with Crippen LogP contribution >= 0.6 is 0 Å². The largest absolute Gasteiger partial charge is 0.394 e. The Balaban J connectivity index is 2.06. The molecule has 2 rings (SSSR count). The monoisotopic (exact) mass is 386 g/mol. The second-order valence-electron chi connectivity index (χ2n) is 7.91. The van der Waals surface area contributed by atoms with Crippen molar-refractivity contribution in [3.63, 3.8) is 0 Å². The predicted molar refractivity (Wildman–Crippen MR) is 95.5 cm³/mol. The van der Waals surface area contributed by atoms with Crippen molar-refractivity contribution in [2.45, 2.75) is 64.0 Å². The van der Waals surface area contributed by atoms with Crippen molar-refractivity contribution in [1.82, 2.24) is 0 Å². The van der Waals surface area contributed by atoms with Crippen LogP contribution < -0.4 is 0 Å². The molecule has 0 spiro atoms. The van der Waals surface area contributed by atoms with Crippen molar-refractivity contribution in [2.24, 2.45) is 11.3 Å². The van der Waals surface area contributed by atoms with Gasteiger partial charge in [0.25, 0.3) is 0 Å². The highest BCUT2D eigenvalue weighted by atomic mass is 16.7. The van der Waals surface area contributed by atoms with Crippen LogP contribution in [0.2, 0.25) is 0 Å². The molecule has 2 aliphatic rings. The molecule has 8 nitrogen and oxygen atoms in total. The van der Waals surface area contributed by atoms with Gasteiger partial charge in [0.05, 0.1) is 19.3 Å². The molecule has 0 aromatic carbocycles. The summed E-state index contributed by atoms with van der Waals surface area (Å²) in [4.78, 5) is 11.8. The molecule has 7 atom stereocenters. The topological polar surface area (TPSA) is 137 Å². The Morgan fingerprint density at radius 1 is 1.26 bits per heavy atom. The number of hydrogen-bond acceptors (Lipinski definition) is 8. The summed E-state index contributed by atoms with van der Waals surface area (Å²) in [6.07, 6.45) is -1.74. The van der Waals surface area contributed by atoms with Crippen LogP contribution in [0.25, 0.3) is 0 Å². The molecule has 154 valence electrons. The van der Waals surface area contributed by atoms with Gasteiger partial charge in [0.15, 0.2) is 12.1 Å². The van der Waals surface area contributed by atoms with Gasteiger partial charge < -0.3 is 35.0 Å². The predicted octanol–water partition coefficient (Wildman–Crippen LogP) is -0.718. The smallest absolute Gasteiger partial charge is 0.187 e. The van der Waals surface area contributed by atoms with Gasteiger partial charge in [-0.15, -0.1) is 0 Å². The zero-order valence-electron chi connectivity index (χ0n) is 15.9. The SMILES string of the molecule is C[C@H](C=C[C@H]1C(CO)=CC(=O)CC1(C)C)O[C@@H]1O[C@H](CO)[C@@H](O)[C@H](O)[C@H]1O. The van der Waals surface area contributed by atoms with Crippen LogP contribution in [0, 0.1) is 11.3 Å². The minimum atomic E-state index is -1.50. The van der Waals surface area contributed by atoms with E-state index in [1.54, 1.807) is 13.0 Å². The Morgan fingerprint density at radius 2 is 1.93 bits per heavy atom. The number of ether oxygens (including phenoxy) is 2. The Morgan fingerprint density at radius 3 is 2.52 bits per heavy atom. The summed E-state index contributed by atoms with van der Waals surface area (Å²) in [5, 5.41) is 48.4. The van der Waals surface area contributed by atoms with Crippen molar-refractivity contribution in [3.05, 3.63) is 23.8 Å². The van der Waals surface area contributed by atoms with Crippen LogP contribution in [0.3, 0.4) is 0 Å². The van der Waals surface area contributed by atoms with Crippen LogP contribution in [0.15, 0.2) is 23.8 Å². The number of aliphatic hydroxyl groups is 5. The van der Waals surface area contributed by atoms with E-state index >= 15 is 0 Å².